The summed E-state index contributed by atoms with van der Waals surface area (Å²) >= 11 is 0. The van der Waals surface area contributed by atoms with Crippen LogP contribution in [0.2, 0.25) is 0 Å². The van der Waals surface area contributed by atoms with Crippen molar-refractivity contribution in [1.29, 1.82) is 0 Å². The third-order valence-electron chi connectivity index (χ3n) is 4.12. The number of piperidine rings is 1. The molecule has 1 aromatic heterocycles. The van der Waals surface area contributed by atoms with Crippen LogP contribution in [0.4, 0.5) is 0 Å². The number of hydrogen-bond donors (Lipinski definition) is 1. The first-order chi connectivity index (χ1) is 9.06. The summed E-state index contributed by atoms with van der Waals surface area (Å²) in [5, 5.41) is 7.86. The molecule has 0 saturated carbocycles. The highest BCUT2D eigenvalue weighted by Gasteiger charge is 2.24. The zero-order chi connectivity index (χ0) is 13.8. The lowest BCUT2D eigenvalue weighted by molar-refractivity contribution is 0.129. The molecule has 108 valence electrons. The van der Waals surface area contributed by atoms with Gasteiger partial charge in [-0.2, -0.15) is 5.10 Å². The quantitative estimate of drug-likeness (QED) is 0.885. The van der Waals surface area contributed by atoms with E-state index in [1.54, 1.807) is 0 Å². The van der Waals surface area contributed by atoms with Gasteiger partial charge in [0.1, 0.15) is 0 Å². The molecule has 1 aliphatic rings. The van der Waals surface area contributed by atoms with Gasteiger partial charge in [-0.1, -0.05) is 13.8 Å². The highest BCUT2D eigenvalue weighted by molar-refractivity contribution is 5.09. The summed E-state index contributed by atoms with van der Waals surface area (Å²) in [5.41, 5.74) is 1.33. The summed E-state index contributed by atoms with van der Waals surface area (Å²) in [4.78, 5) is 2.60. The van der Waals surface area contributed by atoms with Crippen LogP contribution >= 0.6 is 0 Å². The third-order valence-corrected chi connectivity index (χ3v) is 4.12. The van der Waals surface area contributed by atoms with Gasteiger partial charge in [0, 0.05) is 37.4 Å². The SMILES string of the molecule is CC(C)NCC1CCCN(C(C)c2cnn(C)c2)C1. The Morgan fingerprint density at radius 3 is 2.84 bits per heavy atom. The van der Waals surface area contributed by atoms with Gasteiger partial charge in [0.2, 0.25) is 0 Å². The van der Waals surface area contributed by atoms with Crippen LogP contribution in [0.5, 0.6) is 0 Å². The molecule has 1 aromatic rings. The smallest absolute Gasteiger partial charge is 0.0537 e. The van der Waals surface area contributed by atoms with Crippen molar-refractivity contribution < 1.29 is 0 Å². The summed E-state index contributed by atoms with van der Waals surface area (Å²) in [6, 6.07) is 1.07. The molecule has 0 aromatic carbocycles. The number of rotatable bonds is 5. The first kappa shape index (κ1) is 14.5. The van der Waals surface area contributed by atoms with E-state index in [1.165, 1.54) is 31.5 Å². The zero-order valence-corrected chi connectivity index (χ0v) is 12.8. The topological polar surface area (TPSA) is 33.1 Å². The van der Waals surface area contributed by atoms with Crippen molar-refractivity contribution in [1.82, 2.24) is 20.0 Å². The molecule has 0 spiro atoms. The van der Waals surface area contributed by atoms with Crippen LogP contribution in [0.15, 0.2) is 12.4 Å². The Kier molecular flexibility index (Phi) is 4.99. The molecule has 1 saturated heterocycles. The molecule has 2 rings (SSSR count). The van der Waals surface area contributed by atoms with E-state index < -0.39 is 0 Å². The van der Waals surface area contributed by atoms with Crippen LogP contribution in [0.3, 0.4) is 0 Å². The molecular formula is C15H28N4. The minimum Gasteiger partial charge on any atom is -0.314 e. The number of likely N-dealkylation sites (tertiary alicyclic amines) is 1. The fourth-order valence-electron chi connectivity index (χ4n) is 2.88. The van der Waals surface area contributed by atoms with E-state index in [0.717, 1.165) is 12.5 Å². The average Bonchev–Trinajstić information content (AvgIpc) is 2.82. The van der Waals surface area contributed by atoms with Crippen molar-refractivity contribution in [3.63, 3.8) is 0 Å². The summed E-state index contributed by atoms with van der Waals surface area (Å²) in [6.45, 7) is 10.3. The first-order valence-electron chi connectivity index (χ1n) is 7.52. The van der Waals surface area contributed by atoms with Crippen molar-refractivity contribution in [2.45, 2.75) is 45.7 Å². The van der Waals surface area contributed by atoms with Crippen LogP contribution in [0.25, 0.3) is 0 Å². The number of hydrogen-bond acceptors (Lipinski definition) is 3. The van der Waals surface area contributed by atoms with Crippen LogP contribution in [0.1, 0.15) is 45.2 Å². The Morgan fingerprint density at radius 1 is 1.42 bits per heavy atom. The summed E-state index contributed by atoms with van der Waals surface area (Å²) in [5.74, 6) is 0.787. The van der Waals surface area contributed by atoms with Gasteiger partial charge in [0.15, 0.2) is 0 Å². The Labute approximate surface area is 117 Å². The molecule has 0 aliphatic carbocycles. The van der Waals surface area contributed by atoms with Crippen molar-refractivity contribution in [2.24, 2.45) is 13.0 Å². The lowest BCUT2D eigenvalue weighted by Gasteiger charge is -2.37. The molecule has 0 radical (unpaired) electrons. The van der Waals surface area contributed by atoms with Gasteiger partial charge in [-0.15, -0.1) is 0 Å². The van der Waals surface area contributed by atoms with Crippen LogP contribution in [-0.2, 0) is 7.05 Å². The van der Waals surface area contributed by atoms with Gasteiger partial charge in [-0.3, -0.25) is 9.58 Å². The second-order valence-electron chi connectivity index (χ2n) is 6.19. The molecule has 2 atom stereocenters. The highest BCUT2D eigenvalue weighted by Crippen LogP contribution is 2.26. The predicted molar refractivity (Wildman–Crippen MR) is 79.1 cm³/mol. The van der Waals surface area contributed by atoms with E-state index in [-0.39, 0.29) is 0 Å². The van der Waals surface area contributed by atoms with Crippen molar-refractivity contribution in [3.8, 4) is 0 Å². The van der Waals surface area contributed by atoms with E-state index in [4.69, 9.17) is 0 Å². The largest absolute Gasteiger partial charge is 0.314 e. The highest BCUT2D eigenvalue weighted by atomic mass is 15.2. The maximum Gasteiger partial charge on any atom is 0.0537 e. The molecule has 2 heterocycles. The van der Waals surface area contributed by atoms with E-state index >= 15 is 0 Å². The monoisotopic (exact) mass is 264 g/mol. The van der Waals surface area contributed by atoms with Gasteiger partial charge in [0.05, 0.1) is 6.20 Å². The first-order valence-corrected chi connectivity index (χ1v) is 7.52. The van der Waals surface area contributed by atoms with Gasteiger partial charge in [0.25, 0.3) is 0 Å². The summed E-state index contributed by atoms with van der Waals surface area (Å²) < 4.78 is 1.90. The number of aryl methyl sites for hydroxylation is 1. The van der Waals surface area contributed by atoms with Crippen LogP contribution < -0.4 is 5.32 Å². The third kappa shape index (κ3) is 4.05. The second-order valence-corrected chi connectivity index (χ2v) is 6.19. The van der Waals surface area contributed by atoms with Gasteiger partial charge in [-0.25, -0.2) is 0 Å². The normalized spacial score (nSPS) is 22.9. The standard InChI is InChI=1S/C15H28N4/c1-12(2)16-8-14-6-5-7-19(10-14)13(3)15-9-17-18(4)11-15/h9,11-14,16H,5-8,10H2,1-4H3. The molecule has 1 aliphatic heterocycles. The maximum atomic E-state index is 4.29. The van der Waals surface area contributed by atoms with E-state index in [9.17, 15) is 0 Å². The van der Waals surface area contributed by atoms with Gasteiger partial charge < -0.3 is 5.32 Å². The molecule has 19 heavy (non-hydrogen) atoms. The molecule has 1 fully saturated rings. The minimum absolute atomic E-state index is 0.482. The molecule has 4 heteroatoms. The zero-order valence-electron chi connectivity index (χ0n) is 12.8. The maximum absolute atomic E-state index is 4.29. The lowest BCUT2D eigenvalue weighted by Crippen LogP contribution is -2.41. The summed E-state index contributed by atoms with van der Waals surface area (Å²) in [6.07, 6.45) is 6.81. The Balaban J connectivity index is 1.89. The van der Waals surface area contributed by atoms with E-state index in [1.807, 2.05) is 17.9 Å². The van der Waals surface area contributed by atoms with Crippen LogP contribution in [-0.4, -0.2) is 40.4 Å². The number of nitrogens with one attached hydrogen (secondary N) is 1. The average molecular weight is 264 g/mol. The van der Waals surface area contributed by atoms with Crippen molar-refractivity contribution in [3.05, 3.63) is 18.0 Å². The fraction of sp³-hybridized carbons (Fsp3) is 0.800. The fourth-order valence-corrected chi connectivity index (χ4v) is 2.88. The van der Waals surface area contributed by atoms with E-state index in [2.05, 4.69) is 42.3 Å². The molecule has 4 nitrogen and oxygen atoms in total. The van der Waals surface area contributed by atoms with Crippen LogP contribution in [0, 0.1) is 5.92 Å². The molecule has 1 N–H and O–H groups in total. The number of aromatic nitrogens is 2. The van der Waals surface area contributed by atoms with Crippen molar-refractivity contribution >= 4 is 0 Å². The predicted octanol–water partition coefficient (Wildman–Crippen LogP) is 2.19. The molecule has 0 amide bonds. The Morgan fingerprint density at radius 2 is 2.21 bits per heavy atom. The molecular weight excluding hydrogens is 236 g/mol. The summed E-state index contributed by atoms with van der Waals surface area (Å²) in [7, 11) is 1.99. The lowest BCUT2D eigenvalue weighted by atomic mass is 9.95. The van der Waals surface area contributed by atoms with Gasteiger partial charge in [-0.05, 0) is 38.8 Å². The van der Waals surface area contributed by atoms with E-state index in [0.29, 0.717) is 12.1 Å². The van der Waals surface area contributed by atoms with Crippen molar-refractivity contribution in [2.75, 3.05) is 19.6 Å². The molecule has 0 bridgehead atoms. The Bertz CT molecular complexity index is 385. The molecule has 2 unspecified atom stereocenters. The van der Waals surface area contributed by atoms with Gasteiger partial charge >= 0.3 is 0 Å². The Hall–Kier alpha value is -0.870. The number of nitrogens with zero attached hydrogens (tertiary/aromatic N) is 3. The second kappa shape index (κ2) is 6.53. The minimum atomic E-state index is 0.482.